The van der Waals surface area contributed by atoms with Gasteiger partial charge in [0.2, 0.25) is 11.8 Å². The van der Waals surface area contributed by atoms with Crippen molar-refractivity contribution in [1.82, 2.24) is 9.97 Å². The van der Waals surface area contributed by atoms with Crippen LogP contribution in [0.2, 0.25) is 0 Å². The number of aromatic nitrogens is 3. The minimum absolute atomic E-state index is 0.0224. The Morgan fingerprint density at radius 1 is 1.71 bits per heavy atom. The summed E-state index contributed by atoms with van der Waals surface area (Å²) < 4.78 is 1.35. The van der Waals surface area contributed by atoms with Crippen LogP contribution in [0.1, 0.15) is 0 Å². The van der Waals surface area contributed by atoms with E-state index in [9.17, 15) is 10.1 Å². The van der Waals surface area contributed by atoms with Crippen LogP contribution in [-0.2, 0) is 0 Å². The number of hydrogen-bond donors (Lipinski definition) is 1. The van der Waals surface area contributed by atoms with Crippen LogP contribution in [0.5, 0.6) is 0 Å². The highest BCUT2D eigenvalue weighted by molar-refractivity contribution is 5.77. The Balaban J connectivity index is 2.78. The zero-order chi connectivity index (χ0) is 10.1. The van der Waals surface area contributed by atoms with Crippen LogP contribution < -0.4 is 9.57 Å². The van der Waals surface area contributed by atoms with E-state index in [-0.39, 0.29) is 5.69 Å². The Kier molecular flexibility index (Phi) is 1.77. The third-order valence-electron chi connectivity index (χ3n) is 1.85. The lowest BCUT2D eigenvalue weighted by Gasteiger charge is -1.95. The number of H-pyrrole nitrogens is 1. The van der Waals surface area contributed by atoms with E-state index in [1.165, 1.54) is 30.4 Å². The number of nitro groups is 1. The number of imidazole rings is 1. The molecule has 7 heteroatoms. The zero-order valence-corrected chi connectivity index (χ0v) is 7.30. The van der Waals surface area contributed by atoms with Gasteiger partial charge in [-0.05, 0) is 9.71 Å². The summed E-state index contributed by atoms with van der Waals surface area (Å²) in [4.78, 5) is 21.7. The summed E-state index contributed by atoms with van der Waals surface area (Å²) in [6.45, 7) is 0. The summed E-state index contributed by atoms with van der Waals surface area (Å²) >= 11 is 0. The van der Waals surface area contributed by atoms with Crippen molar-refractivity contribution in [3.05, 3.63) is 28.7 Å². The van der Waals surface area contributed by atoms with E-state index in [0.717, 1.165) is 0 Å². The van der Waals surface area contributed by atoms with E-state index in [4.69, 9.17) is 4.84 Å². The van der Waals surface area contributed by atoms with Gasteiger partial charge in [0, 0.05) is 0 Å². The predicted molar refractivity (Wildman–Crippen MR) is 45.4 cm³/mol. The van der Waals surface area contributed by atoms with Gasteiger partial charge in [0.25, 0.3) is 0 Å². The maximum atomic E-state index is 10.6. The molecule has 0 saturated carbocycles. The molecule has 0 radical (unpaired) electrons. The molecule has 0 saturated heterocycles. The van der Waals surface area contributed by atoms with Crippen LogP contribution in [0.15, 0.2) is 18.6 Å². The second kappa shape index (κ2) is 2.95. The van der Waals surface area contributed by atoms with E-state index < -0.39 is 4.92 Å². The first-order chi connectivity index (χ1) is 6.74. The Morgan fingerprint density at radius 2 is 2.50 bits per heavy atom. The molecule has 72 valence electrons. The third-order valence-corrected chi connectivity index (χ3v) is 1.85. The average molecular weight is 195 g/mol. The standard InChI is InChI=1S/C7H6N4O3/c1-14-10-3-2-5(11(12)13)6-7(10)9-4-8-6/h2-4H,1H3/p+1. The fraction of sp³-hybridized carbons (Fsp3) is 0.143. The molecule has 1 N–H and O–H groups in total. The van der Waals surface area contributed by atoms with Crippen molar-refractivity contribution in [2.75, 3.05) is 7.11 Å². The Bertz CT molecular complexity index is 493. The number of aromatic amines is 1. The van der Waals surface area contributed by atoms with E-state index in [1.807, 2.05) is 0 Å². The number of fused-ring (bicyclic) bond motifs is 1. The molecule has 0 fully saturated rings. The molecule has 2 heterocycles. The first-order valence-electron chi connectivity index (χ1n) is 3.80. The van der Waals surface area contributed by atoms with Crippen molar-refractivity contribution in [1.29, 1.82) is 0 Å². The first kappa shape index (κ1) is 8.42. The smallest absolute Gasteiger partial charge is 0.339 e. The Morgan fingerprint density at radius 3 is 3.14 bits per heavy atom. The molecule has 0 amide bonds. The molecule has 0 aromatic carbocycles. The van der Waals surface area contributed by atoms with E-state index in [2.05, 4.69) is 9.97 Å². The first-order valence-corrected chi connectivity index (χ1v) is 3.80. The third kappa shape index (κ3) is 1.06. The highest BCUT2D eigenvalue weighted by atomic mass is 16.6. The second-order valence-corrected chi connectivity index (χ2v) is 2.57. The molecule has 0 aliphatic carbocycles. The molecule has 0 bridgehead atoms. The van der Waals surface area contributed by atoms with Crippen molar-refractivity contribution in [2.45, 2.75) is 0 Å². The molecule has 2 rings (SSSR count). The molecule has 7 nitrogen and oxygen atoms in total. The van der Waals surface area contributed by atoms with Crippen molar-refractivity contribution in [3.63, 3.8) is 0 Å². The van der Waals surface area contributed by atoms with Gasteiger partial charge in [-0.1, -0.05) is 0 Å². The van der Waals surface area contributed by atoms with Gasteiger partial charge in [-0.25, -0.2) is 0 Å². The summed E-state index contributed by atoms with van der Waals surface area (Å²) in [5.41, 5.74) is 0.715. The van der Waals surface area contributed by atoms with Crippen LogP contribution in [0, 0.1) is 10.1 Å². The van der Waals surface area contributed by atoms with Crippen molar-refractivity contribution >= 4 is 16.9 Å². The number of nitrogens with one attached hydrogen (secondary N) is 1. The Hall–Kier alpha value is -2.18. The number of rotatable bonds is 2. The van der Waals surface area contributed by atoms with E-state index >= 15 is 0 Å². The average Bonchev–Trinajstić information content (AvgIpc) is 2.64. The number of nitrogens with zero attached hydrogens (tertiary/aromatic N) is 3. The molecule has 2 aromatic heterocycles. The number of hydrogen-bond acceptors (Lipinski definition) is 4. The van der Waals surface area contributed by atoms with Crippen LogP contribution >= 0.6 is 0 Å². The summed E-state index contributed by atoms with van der Waals surface area (Å²) in [5.74, 6) is 0. The summed E-state index contributed by atoms with van der Waals surface area (Å²) in [7, 11) is 1.46. The zero-order valence-electron chi connectivity index (χ0n) is 7.30. The number of pyridine rings is 1. The van der Waals surface area contributed by atoms with Gasteiger partial charge >= 0.3 is 11.3 Å². The summed E-state index contributed by atoms with van der Waals surface area (Å²) in [5, 5.41) is 10.6. The topological polar surface area (TPSA) is 84.9 Å². The van der Waals surface area contributed by atoms with Crippen LogP contribution in [0.3, 0.4) is 0 Å². The molecule has 14 heavy (non-hydrogen) atoms. The summed E-state index contributed by atoms with van der Waals surface area (Å²) in [6.07, 6.45) is 2.83. The lowest BCUT2D eigenvalue weighted by Crippen LogP contribution is -2.41. The van der Waals surface area contributed by atoms with Gasteiger partial charge in [-0.15, -0.1) is 0 Å². The van der Waals surface area contributed by atoms with Gasteiger partial charge in [-0.3, -0.25) is 10.1 Å². The molecular weight excluding hydrogens is 188 g/mol. The molecule has 0 spiro atoms. The molecule has 2 aromatic rings. The molecular formula is C7H7N4O3+. The normalized spacial score (nSPS) is 10.4. The van der Waals surface area contributed by atoms with Crippen LogP contribution in [-0.4, -0.2) is 22.0 Å². The quantitative estimate of drug-likeness (QED) is 0.409. The fourth-order valence-electron chi connectivity index (χ4n) is 1.23. The minimum atomic E-state index is -0.472. The lowest BCUT2D eigenvalue weighted by molar-refractivity contribution is -0.866. The predicted octanol–water partition coefficient (Wildman–Crippen LogP) is -0.183. The van der Waals surface area contributed by atoms with Gasteiger partial charge in [0.1, 0.15) is 13.3 Å². The van der Waals surface area contributed by atoms with Crippen molar-refractivity contribution < 1.29 is 14.5 Å². The molecule has 0 atom stereocenters. The fourth-order valence-corrected chi connectivity index (χ4v) is 1.23. The van der Waals surface area contributed by atoms with Crippen molar-refractivity contribution in [2.24, 2.45) is 0 Å². The SMILES string of the molecule is CO[n+]1ccc([N+](=O)[O-])c2[nH]cnc21. The highest BCUT2D eigenvalue weighted by Gasteiger charge is 2.22. The van der Waals surface area contributed by atoms with Crippen LogP contribution in [0.4, 0.5) is 5.69 Å². The second-order valence-electron chi connectivity index (χ2n) is 2.57. The Labute approximate surface area is 78.1 Å². The highest BCUT2D eigenvalue weighted by Crippen LogP contribution is 2.18. The maximum absolute atomic E-state index is 10.6. The van der Waals surface area contributed by atoms with Gasteiger partial charge < -0.3 is 9.82 Å². The van der Waals surface area contributed by atoms with E-state index in [1.54, 1.807) is 0 Å². The molecule has 0 unspecified atom stereocenters. The summed E-state index contributed by atoms with van der Waals surface area (Å²) in [6, 6.07) is 1.35. The largest absolute Gasteiger partial charge is 0.394 e. The van der Waals surface area contributed by atoms with Gasteiger partial charge in [-0.2, -0.15) is 0 Å². The van der Waals surface area contributed by atoms with Crippen molar-refractivity contribution in [3.8, 4) is 0 Å². The molecule has 0 aliphatic heterocycles. The van der Waals surface area contributed by atoms with Gasteiger partial charge in [0.15, 0.2) is 0 Å². The lowest BCUT2D eigenvalue weighted by atomic mass is 10.4. The molecule has 0 aliphatic rings. The van der Waals surface area contributed by atoms with E-state index in [0.29, 0.717) is 11.2 Å². The monoisotopic (exact) mass is 195 g/mol. The van der Waals surface area contributed by atoms with Gasteiger partial charge in [0.05, 0.1) is 11.0 Å². The maximum Gasteiger partial charge on any atom is 0.394 e. The minimum Gasteiger partial charge on any atom is -0.339 e. The van der Waals surface area contributed by atoms with Crippen LogP contribution in [0.25, 0.3) is 11.2 Å².